The molecule has 4 rings (SSSR count). The number of halogens is 3. The molecule has 2 aromatic carbocycles. The van der Waals surface area contributed by atoms with Crippen LogP contribution in [0.4, 0.5) is 19.1 Å². The van der Waals surface area contributed by atoms with Gasteiger partial charge in [0.15, 0.2) is 0 Å². The van der Waals surface area contributed by atoms with Crippen molar-refractivity contribution in [2.24, 2.45) is 0 Å². The Morgan fingerprint density at radius 3 is 2.36 bits per heavy atom. The first-order chi connectivity index (χ1) is 13.3. The van der Waals surface area contributed by atoms with Crippen LogP contribution in [0.3, 0.4) is 0 Å². The van der Waals surface area contributed by atoms with Crippen molar-refractivity contribution in [2.45, 2.75) is 19.2 Å². The molecule has 0 amide bonds. The minimum atomic E-state index is -4.75. The molecule has 6 nitrogen and oxygen atoms in total. The monoisotopic (exact) mass is 391 g/mol. The quantitative estimate of drug-likeness (QED) is 0.721. The van der Waals surface area contributed by atoms with Crippen LogP contribution < -0.4 is 9.64 Å². The van der Waals surface area contributed by atoms with E-state index in [1.807, 2.05) is 4.57 Å². The van der Waals surface area contributed by atoms with Gasteiger partial charge in [-0.3, -0.25) is 4.57 Å². The zero-order valence-corrected chi connectivity index (χ0v) is 14.6. The number of aromatic nitrogens is 2. The lowest BCUT2D eigenvalue weighted by atomic mass is 10.2. The summed E-state index contributed by atoms with van der Waals surface area (Å²) in [5.41, 5.74) is 1.93. The minimum Gasteiger partial charge on any atom is -0.478 e. The Labute approximate surface area is 157 Å². The van der Waals surface area contributed by atoms with Crippen LogP contribution >= 0.6 is 0 Å². The fourth-order valence-electron chi connectivity index (χ4n) is 3.38. The number of aromatic carboxylic acids is 1. The SMILES string of the molecule is O=C(O)c1ccc2c(c1)nc(N1CCCC1)n2-c1ccc(OC(F)(F)F)cc1. The third-order valence-corrected chi connectivity index (χ3v) is 4.60. The maximum Gasteiger partial charge on any atom is 0.573 e. The van der Waals surface area contributed by atoms with Crippen LogP contribution in [0.2, 0.25) is 0 Å². The Hall–Kier alpha value is -3.23. The number of rotatable bonds is 4. The first kappa shape index (κ1) is 18.1. The van der Waals surface area contributed by atoms with Crippen LogP contribution in [0.5, 0.6) is 5.75 Å². The van der Waals surface area contributed by atoms with E-state index >= 15 is 0 Å². The van der Waals surface area contributed by atoms with E-state index in [-0.39, 0.29) is 11.3 Å². The van der Waals surface area contributed by atoms with Gasteiger partial charge in [-0.2, -0.15) is 0 Å². The van der Waals surface area contributed by atoms with Gasteiger partial charge in [0.05, 0.1) is 16.6 Å². The van der Waals surface area contributed by atoms with Crippen molar-refractivity contribution >= 4 is 23.0 Å². The summed E-state index contributed by atoms with van der Waals surface area (Å²) in [6.07, 6.45) is -2.72. The first-order valence-electron chi connectivity index (χ1n) is 8.69. The Kier molecular flexibility index (Phi) is 4.37. The van der Waals surface area contributed by atoms with E-state index in [0.29, 0.717) is 22.7 Å². The number of hydrogen-bond acceptors (Lipinski definition) is 4. The molecule has 0 atom stereocenters. The summed E-state index contributed by atoms with van der Waals surface area (Å²) in [4.78, 5) is 18.0. The van der Waals surface area contributed by atoms with E-state index in [1.165, 1.54) is 36.4 Å². The number of alkyl halides is 3. The molecule has 3 aromatic rings. The number of hydrogen-bond donors (Lipinski definition) is 1. The van der Waals surface area contributed by atoms with Gasteiger partial charge in [-0.1, -0.05) is 0 Å². The molecule has 0 radical (unpaired) electrons. The Balaban J connectivity index is 1.81. The van der Waals surface area contributed by atoms with E-state index in [2.05, 4.69) is 14.6 Å². The van der Waals surface area contributed by atoms with Crippen molar-refractivity contribution in [3.63, 3.8) is 0 Å². The van der Waals surface area contributed by atoms with E-state index in [0.717, 1.165) is 25.9 Å². The molecule has 0 aliphatic carbocycles. The van der Waals surface area contributed by atoms with Crippen molar-refractivity contribution in [1.82, 2.24) is 9.55 Å². The molecule has 1 aliphatic heterocycles. The number of nitrogens with zero attached hydrogens (tertiary/aromatic N) is 3. The van der Waals surface area contributed by atoms with Gasteiger partial charge in [-0.15, -0.1) is 13.2 Å². The predicted octanol–water partition coefficient (Wildman–Crippen LogP) is 4.22. The number of carboxylic acid groups (broad SMARTS) is 1. The highest BCUT2D eigenvalue weighted by atomic mass is 19.4. The highest BCUT2D eigenvalue weighted by Crippen LogP contribution is 2.31. The van der Waals surface area contributed by atoms with E-state index < -0.39 is 12.3 Å². The molecule has 1 aromatic heterocycles. The van der Waals surface area contributed by atoms with Gasteiger partial charge in [-0.25, -0.2) is 9.78 Å². The summed E-state index contributed by atoms with van der Waals surface area (Å²) in [6.45, 7) is 1.62. The second kappa shape index (κ2) is 6.74. The lowest BCUT2D eigenvalue weighted by Gasteiger charge is -2.19. The third-order valence-electron chi connectivity index (χ3n) is 4.60. The number of fused-ring (bicyclic) bond motifs is 1. The highest BCUT2D eigenvalue weighted by molar-refractivity contribution is 5.93. The second-order valence-electron chi connectivity index (χ2n) is 6.49. The summed E-state index contributed by atoms with van der Waals surface area (Å²) in [5.74, 6) is -0.719. The van der Waals surface area contributed by atoms with Crippen molar-refractivity contribution in [2.75, 3.05) is 18.0 Å². The number of ether oxygens (including phenoxy) is 1. The van der Waals surface area contributed by atoms with Crippen LogP contribution in [-0.4, -0.2) is 40.1 Å². The Morgan fingerprint density at radius 1 is 1.07 bits per heavy atom. The van der Waals surface area contributed by atoms with Gasteiger partial charge in [0.2, 0.25) is 5.95 Å². The molecular formula is C19H16F3N3O3. The topological polar surface area (TPSA) is 67.6 Å². The van der Waals surface area contributed by atoms with Crippen molar-refractivity contribution in [3.8, 4) is 11.4 Å². The van der Waals surface area contributed by atoms with Crippen LogP contribution in [0, 0.1) is 0 Å². The average molecular weight is 391 g/mol. The molecule has 28 heavy (non-hydrogen) atoms. The van der Waals surface area contributed by atoms with Crippen LogP contribution in [0.15, 0.2) is 42.5 Å². The van der Waals surface area contributed by atoms with Gasteiger partial charge < -0.3 is 14.7 Å². The fraction of sp³-hybridized carbons (Fsp3) is 0.263. The Bertz CT molecular complexity index is 1020. The number of carboxylic acids is 1. The third kappa shape index (κ3) is 3.47. The smallest absolute Gasteiger partial charge is 0.478 e. The zero-order chi connectivity index (χ0) is 19.9. The first-order valence-corrected chi connectivity index (χ1v) is 8.69. The van der Waals surface area contributed by atoms with E-state index in [4.69, 9.17) is 0 Å². The lowest BCUT2D eigenvalue weighted by Crippen LogP contribution is -2.21. The number of imidazole rings is 1. The molecule has 0 bridgehead atoms. The van der Waals surface area contributed by atoms with Gasteiger partial charge in [0.1, 0.15) is 5.75 Å². The molecule has 1 saturated heterocycles. The molecule has 0 saturated carbocycles. The van der Waals surface area contributed by atoms with Crippen molar-refractivity contribution in [1.29, 1.82) is 0 Å². The molecule has 1 aliphatic rings. The minimum absolute atomic E-state index is 0.124. The summed E-state index contributed by atoms with van der Waals surface area (Å²) in [6, 6.07) is 10.2. The fourth-order valence-corrected chi connectivity index (χ4v) is 3.38. The van der Waals surface area contributed by atoms with Gasteiger partial charge in [0.25, 0.3) is 0 Å². The number of benzene rings is 2. The molecule has 9 heteroatoms. The molecule has 0 unspecified atom stereocenters. The highest BCUT2D eigenvalue weighted by Gasteiger charge is 2.31. The van der Waals surface area contributed by atoms with Crippen LogP contribution in [-0.2, 0) is 0 Å². The standard InChI is InChI=1S/C19H16F3N3O3/c20-19(21,22)28-14-6-4-13(5-7-14)25-16-8-3-12(17(26)27)11-15(16)23-18(25)24-9-1-2-10-24/h3-8,11H,1-2,9-10H2,(H,26,27). The van der Waals surface area contributed by atoms with Crippen LogP contribution in [0.1, 0.15) is 23.2 Å². The lowest BCUT2D eigenvalue weighted by molar-refractivity contribution is -0.274. The number of carbonyl (C=O) groups is 1. The van der Waals surface area contributed by atoms with Crippen molar-refractivity contribution in [3.05, 3.63) is 48.0 Å². The molecule has 0 spiro atoms. The zero-order valence-electron chi connectivity index (χ0n) is 14.6. The molecule has 146 valence electrons. The maximum atomic E-state index is 12.4. The van der Waals surface area contributed by atoms with Crippen LogP contribution in [0.25, 0.3) is 16.7 Å². The van der Waals surface area contributed by atoms with Crippen molar-refractivity contribution < 1.29 is 27.8 Å². The normalized spacial score (nSPS) is 14.6. The largest absolute Gasteiger partial charge is 0.573 e. The predicted molar refractivity (Wildman–Crippen MR) is 96.2 cm³/mol. The summed E-state index contributed by atoms with van der Waals surface area (Å²) in [7, 11) is 0. The molecule has 1 N–H and O–H groups in total. The summed E-state index contributed by atoms with van der Waals surface area (Å²) < 4.78 is 43.0. The number of anilines is 1. The summed E-state index contributed by atoms with van der Waals surface area (Å²) in [5, 5.41) is 9.22. The maximum absolute atomic E-state index is 12.4. The van der Waals surface area contributed by atoms with Gasteiger partial charge >= 0.3 is 12.3 Å². The molecule has 2 heterocycles. The summed E-state index contributed by atoms with van der Waals surface area (Å²) >= 11 is 0. The van der Waals surface area contributed by atoms with E-state index in [9.17, 15) is 23.1 Å². The molecule has 1 fully saturated rings. The van der Waals surface area contributed by atoms with Gasteiger partial charge in [-0.05, 0) is 55.3 Å². The van der Waals surface area contributed by atoms with E-state index in [1.54, 1.807) is 6.07 Å². The second-order valence-corrected chi connectivity index (χ2v) is 6.49. The average Bonchev–Trinajstić information content (AvgIpc) is 3.28. The van der Waals surface area contributed by atoms with Gasteiger partial charge in [0, 0.05) is 18.8 Å². The Morgan fingerprint density at radius 2 is 1.75 bits per heavy atom. The molecular weight excluding hydrogens is 375 g/mol.